The number of hydrogen-bond acceptors (Lipinski definition) is 7. The molecule has 1 unspecified atom stereocenters. The fourth-order valence-electron chi connectivity index (χ4n) is 4.67. The second kappa shape index (κ2) is 10.8. The van der Waals surface area contributed by atoms with E-state index in [1.165, 1.54) is 23.5 Å². The third kappa shape index (κ3) is 5.75. The van der Waals surface area contributed by atoms with Gasteiger partial charge in [-0.2, -0.15) is 4.31 Å². The van der Waals surface area contributed by atoms with Gasteiger partial charge in [0.25, 0.3) is 5.91 Å². The molecule has 3 aliphatic rings. The van der Waals surface area contributed by atoms with Gasteiger partial charge in [0.15, 0.2) is 0 Å². The minimum Gasteiger partial charge on any atom is -0.381 e. The van der Waals surface area contributed by atoms with E-state index in [4.69, 9.17) is 9.47 Å². The fourth-order valence-corrected chi connectivity index (χ4v) is 5.84. The summed E-state index contributed by atoms with van der Waals surface area (Å²) in [6, 6.07) is 6.02. The van der Waals surface area contributed by atoms with Gasteiger partial charge in [-0.25, -0.2) is 8.42 Å². The Kier molecular flexibility index (Phi) is 7.92. The summed E-state index contributed by atoms with van der Waals surface area (Å²) in [4.78, 5) is 26.6. The maximum absolute atomic E-state index is 13.3. The number of ether oxygens (including phenoxy) is 2. The van der Waals surface area contributed by atoms with Gasteiger partial charge in [-0.15, -0.1) is 0 Å². The van der Waals surface area contributed by atoms with E-state index in [-0.39, 0.29) is 48.6 Å². The van der Waals surface area contributed by atoms with Gasteiger partial charge >= 0.3 is 0 Å². The normalized spacial score (nSPS) is 28.3. The third-order valence-electron chi connectivity index (χ3n) is 7.07. The predicted molar refractivity (Wildman–Crippen MR) is 129 cm³/mol. The van der Waals surface area contributed by atoms with Gasteiger partial charge in [0.2, 0.25) is 15.9 Å². The highest BCUT2D eigenvalue weighted by molar-refractivity contribution is 7.89. The van der Waals surface area contributed by atoms with Crippen molar-refractivity contribution in [3.05, 3.63) is 42.0 Å². The zero-order valence-corrected chi connectivity index (χ0v) is 20.9. The molecule has 11 heteroatoms. The second-order valence-corrected chi connectivity index (χ2v) is 11.6. The van der Waals surface area contributed by atoms with Crippen LogP contribution >= 0.6 is 0 Å². The molecule has 2 saturated heterocycles. The lowest BCUT2D eigenvalue weighted by Gasteiger charge is -2.39. The highest BCUT2D eigenvalue weighted by Gasteiger charge is 2.43. The van der Waals surface area contributed by atoms with Crippen molar-refractivity contribution in [1.29, 1.82) is 0 Å². The van der Waals surface area contributed by atoms with E-state index in [1.54, 1.807) is 24.3 Å². The van der Waals surface area contributed by atoms with E-state index in [2.05, 4.69) is 16.0 Å². The Labute approximate surface area is 206 Å². The van der Waals surface area contributed by atoms with Gasteiger partial charge in [0, 0.05) is 45.5 Å². The molecule has 4 rings (SSSR count). The molecule has 3 aliphatic heterocycles. The van der Waals surface area contributed by atoms with Crippen molar-refractivity contribution in [1.82, 2.24) is 20.3 Å². The Morgan fingerprint density at radius 1 is 1.03 bits per heavy atom. The molecule has 1 atom stereocenters. The van der Waals surface area contributed by atoms with Crippen molar-refractivity contribution in [3.63, 3.8) is 0 Å². The average Bonchev–Trinajstić information content (AvgIpc) is 3.35. The Hall–Kier alpha value is -2.31. The molecule has 0 radical (unpaired) electrons. The van der Waals surface area contributed by atoms with Crippen LogP contribution in [0.25, 0.3) is 0 Å². The summed E-state index contributed by atoms with van der Waals surface area (Å²) in [5.41, 5.74) is -1.14. The molecule has 2 bridgehead atoms. The van der Waals surface area contributed by atoms with E-state index in [0.29, 0.717) is 39.0 Å². The molecule has 1 aromatic carbocycles. The number of carbonyl (C=O) groups excluding carboxylic acids is 2. The van der Waals surface area contributed by atoms with E-state index in [1.807, 2.05) is 0 Å². The molecule has 2 amide bonds. The van der Waals surface area contributed by atoms with Crippen LogP contribution < -0.4 is 16.0 Å². The molecule has 0 saturated carbocycles. The summed E-state index contributed by atoms with van der Waals surface area (Å²) in [6.07, 6.45) is 5.19. The molecular formula is C24H34N4O6S. The molecule has 1 aromatic rings. The van der Waals surface area contributed by atoms with Crippen LogP contribution in [0.15, 0.2) is 41.3 Å². The molecule has 0 aliphatic carbocycles. The highest BCUT2D eigenvalue weighted by atomic mass is 32.2. The largest absolute Gasteiger partial charge is 0.381 e. The topological polar surface area (TPSA) is 126 Å². The molecule has 10 nitrogen and oxygen atoms in total. The number of fused-ring (bicyclic) bond motifs is 2. The molecule has 2 spiro atoms. The first kappa shape index (κ1) is 25.8. The smallest absolute Gasteiger partial charge is 0.251 e. The molecule has 3 N–H and O–H groups in total. The molecule has 2 fully saturated rings. The first-order chi connectivity index (χ1) is 16.8. The summed E-state index contributed by atoms with van der Waals surface area (Å²) >= 11 is 0. The first-order valence-corrected chi connectivity index (χ1v) is 13.4. The van der Waals surface area contributed by atoms with Gasteiger partial charge in [-0.05, 0) is 44.0 Å². The van der Waals surface area contributed by atoms with Crippen LogP contribution in [-0.4, -0.2) is 89.7 Å². The summed E-state index contributed by atoms with van der Waals surface area (Å²) in [5, 5.41) is 9.42. The Balaban J connectivity index is 1.65. The lowest BCUT2D eigenvalue weighted by Crippen LogP contribution is -2.60. The maximum Gasteiger partial charge on any atom is 0.251 e. The Morgan fingerprint density at radius 2 is 1.83 bits per heavy atom. The van der Waals surface area contributed by atoms with E-state index < -0.39 is 21.0 Å². The minimum absolute atomic E-state index is 0.0448. The Bertz CT molecular complexity index is 1060. The minimum atomic E-state index is -3.78. The lowest BCUT2D eigenvalue weighted by molar-refractivity contribution is -0.134. The van der Waals surface area contributed by atoms with Crippen molar-refractivity contribution in [2.45, 2.75) is 29.7 Å². The average molecular weight is 507 g/mol. The van der Waals surface area contributed by atoms with Gasteiger partial charge < -0.3 is 25.4 Å². The maximum atomic E-state index is 13.3. The number of rotatable bonds is 0. The van der Waals surface area contributed by atoms with Crippen LogP contribution in [0.1, 0.15) is 29.6 Å². The third-order valence-corrected chi connectivity index (χ3v) is 8.89. The number of nitrogens with one attached hydrogen (secondary N) is 3. The zero-order chi connectivity index (χ0) is 24.9. The summed E-state index contributed by atoms with van der Waals surface area (Å²) in [5.74, 6) is -0.483. The molecule has 0 aromatic heterocycles. The van der Waals surface area contributed by atoms with Gasteiger partial charge in [-0.3, -0.25) is 9.59 Å². The predicted octanol–water partition coefficient (Wildman–Crippen LogP) is 0.268. The van der Waals surface area contributed by atoms with Crippen LogP contribution in [-0.2, 0) is 24.3 Å². The number of likely N-dealkylation sites (N-methyl/N-ethyl adjacent to an activating group) is 1. The van der Waals surface area contributed by atoms with Crippen molar-refractivity contribution in [2.24, 2.45) is 5.41 Å². The Morgan fingerprint density at radius 3 is 2.57 bits per heavy atom. The van der Waals surface area contributed by atoms with Crippen LogP contribution in [0, 0.1) is 5.41 Å². The van der Waals surface area contributed by atoms with E-state index in [9.17, 15) is 18.0 Å². The number of hydrogen-bond donors (Lipinski definition) is 3. The second-order valence-electron chi connectivity index (χ2n) is 9.54. The monoisotopic (exact) mass is 506 g/mol. The molecular weight excluding hydrogens is 472 g/mol. The van der Waals surface area contributed by atoms with Crippen LogP contribution in [0.2, 0.25) is 0 Å². The van der Waals surface area contributed by atoms with Crippen LogP contribution in [0.5, 0.6) is 0 Å². The fraction of sp³-hybridized carbons (Fsp3) is 0.583. The van der Waals surface area contributed by atoms with Crippen molar-refractivity contribution >= 4 is 21.8 Å². The number of sulfonamides is 1. The first-order valence-electron chi connectivity index (χ1n) is 11.9. The number of carbonyl (C=O) groups is 2. The van der Waals surface area contributed by atoms with E-state index in [0.717, 1.165) is 6.54 Å². The number of amides is 2. The quantitative estimate of drug-likeness (QED) is 0.431. The summed E-state index contributed by atoms with van der Waals surface area (Å²) < 4.78 is 38.7. The summed E-state index contributed by atoms with van der Waals surface area (Å²) in [7, 11) is -2.29. The highest BCUT2D eigenvalue weighted by Crippen LogP contribution is 2.28. The van der Waals surface area contributed by atoms with Crippen LogP contribution in [0.3, 0.4) is 0 Å². The lowest BCUT2D eigenvalue weighted by atomic mass is 9.85. The zero-order valence-electron chi connectivity index (χ0n) is 20.0. The van der Waals surface area contributed by atoms with Gasteiger partial charge in [0.05, 0.1) is 29.1 Å². The number of benzene rings is 1. The summed E-state index contributed by atoms with van der Waals surface area (Å²) in [6.45, 7) is 3.07. The molecule has 192 valence electrons. The van der Waals surface area contributed by atoms with Gasteiger partial charge in [-0.1, -0.05) is 18.2 Å². The standard InChI is InChI=1S/C24H34N4O6S/c1-28-11-2-3-12-34-18-23(7-10-25-16-23)22(30)26-17-24(8-13-33-14-9-24)27-21(29)19-5-4-6-20(15-19)35(28,31)32/h2-6,15,25H,7-14,16-18H2,1H3,(H,26,30)(H,27,29). The van der Waals surface area contributed by atoms with Crippen LogP contribution in [0.4, 0.5) is 0 Å². The van der Waals surface area contributed by atoms with Crippen molar-refractivity contribution in [2.75, 3.05) is 59.7 Å². The van der Waals surface area contributed by atoms with Gasteiger partial charge in [0.1, 0.15) is 0 Å². The van der Waals surface area contributed by atoms with Crippen molar-refractivity contribution in [3.8, 4) is 0 Å². The SMILES string of the molecule is CN1CC=CCOCC2(CCNC2)C(=O)NCC2(CCOCC2)NC(=O)c2cccc(c2)S1(=O)=O. The molecule has 35 heavy (non-hydrogen) atoms. The van der Waals surface area contributed by atoms with E-state index >= 15 is 0 Å². The van der Waals surface area contributed by atoms with Crippen molar-refractivity contribution < 1.29 is 27.5 Å². The number of nitrogens with zero attached hydrogens (tertiary/aromatic N) is 1. The molecule has 3 heterocycles.